The Hall–Kier alpha value is -0.160. The van der Waals surface area contributed by atoms with Gasteiger partial charge in [-0.05, 0) is 50.9 Å². The normalized spacial score (nSPS) is 42.0. The summed E-state index contributed by atoms with van der Waals surface area (Å²) in [6, 6.07) is 0.443. The van der Waals surface area contributed by atoms with Gasteiger partial charge in [-0.1, -0.05) is 6.92 Å². The molecule has 1 saturated carbocycles. The maximum Gasteiger partial charge on any atom is 0.0897 e. The first-order chi connectivity index (χ1) is 9.70. The largest absolute Gasteiger partial charge is 0.389 e. The number of rotatable bonds is 6. The van der Waals surface area contributed by atoms with E-state index in [-0.39, 0.29) is 0 Å². The van der Waals surface area contributed by atoms with Gasteiger partial charge in [-0.15, -0.1) is 0 Å². The van der Waals surface area contributed by atoms with E-state index in [0.29, 0.717) is 37.5 Å². The Bertz CT molecular complexity index is 304. The molecular formula is C16H29NO3. The summed E-state index contributed by atoms with van der Waals surface area (Å²) in [5.74, 6) is 0.847. The van der Waals surface area contributed by atoms with Crippen LogP contribution in [0.3, 0.4) is 0 Å². The minimum Gasteiger partial charge on any atom is -0.389 e. The predicted molar refractivity (Wildman–Crippen MR) is 77.7 cm³/mol. The number of aliphatic hydroxyl groups excluding tert-OH is 1. The molecule has 0 aromatic rings. The molecule has 4 unspecified atom stereocenters. The van der Waals surface area contributed by atoms with Crippen LogP contribution in [0.15, 0.2) is 0 Å². The van der Waals surface area contributed by atoms with E-state index >= 15 is 0 Å². The molecule has 4 atom stereocenters. The van der Waals surface area contributed by atoms with Gasteiger partial charge in [-0.2, -0.15) is 0 Å². The van der Waals surface area contributed by atoms with Crippen molar-refractivity contribution in [3.8, 4) is 0 Å². The Kier molecular flexibility index (Phi) is 4.97. The molecule has 0 radical (unpaired) electrons. The van der Waals surface area contributed by atoms with E-state index in [1.807, 2.05) is 0 Å². The van der Waals surface area contributed by atoms with Crippen molar-refractivity contribution in [3.63, 3.8) is 0 Å². The van der Waals surface area contributed by atoms with Crippen LogP contribution in [0.2, 0.25) is 0 Å². The average Bonchev–Trinajstić information content (AvgIpc) is 3.07. The van der Waals surface area contributed by atoms with Gasteiger partial charge >= 0.3 is 0 Å². The fourth-order valence-electron chi connectivity index (χ4n) is 3.84. The molecule has 4 heteroatoms. The van der Waals surface area contributed by atoms with E-state index in [9.17, 15) is 5.11 Å². The molecule has 20 heavy (non-hydrogen) atoms. The summed E-state index contributed by atoms with van der Waals surface area (Å²) < 4.78 is 11.7. The van der Waals surface area contributed by atoms with Crippen LogP contribution >= 0.6 is 0 Å². The molecule has 2 aliphatic heterocycles. The van der Waals surface area contributed by atoms with Crippen LogP contribution in [0, 0.1) is 5.92 Å². The summed E-state index contributed by atoms with van der Waals surface area (Å²) in [5.41, 5.74) is 0. The molecule has 2 heterocycles. The lowest BCUT2D eigenvalue weighted by molar-refractivity contribution is -0.0289. The third-order valence-electron chi connectivity index (χ3n) is 5.21. The summed E-state index contributed by atoms with van der Waals surface area (Å²) in [6.45, 7) is 3.40. The minimum atomic E-state index is -0.395. The van der Waals surface area contributed by atoms with Crippen molar-refractivity contribution in [1.82, 2.24) is 5.32 Å². The molecule has 0 aromatic heterocycles. The molecular weight excluding hydrogens is 254 g/mol. The van der Waals surface area contributed by atoms with Crippen LogP contribution in [0.25, 0.3) is 0 Å². The van der Waals surface area contributed by atoms with Gasteiger partial charge in [-0.3, -0.25) is 0 Å². The monoisotopic (exact) mass is 283 g/mol. The highest BCUT2D eigenvalue weighted by atomic mass is 16.5. The van der Waals surface area contributed by atoms with Crippen LogP contribution in [0.5, 0.6) is 0 Å². The first-order valence-electron chi connectivity index (χ1n) is 8.39. The zero-order valence-corrected chi connectivity index (χ0v) is 12.6. The van der Waals surface area contributed by atoms with E-state index in [4.69, 9.17) is 9.47 Å². The highest BCUT2D eigenvalue weighted by molar-refractivity contribution is 4.94. The Morgan fingerprint density at radius 1 is 1.20 bits per heavy atom. The molecule has 0 amide bonds. The van der Waals surface area contributed by atoms with Crippen molar-refractivity contribution >= 4 is 0 Å². The lowest BCUT2D eigenvalue weighted by Crippen LogP contribution is -2.43. The molecule has 3 aliphatic rings. The number of ether oxygens (including phenoxy) is 2. The van der Waals surface area contributed by atoms with Gasteiger partial charge < -0.3 is 19.9 Å². The molecule has 0 spiro atoms. The molecule has 2 saturated heterocycles. The first kappa shape index (κ1) is 14.8. The lowest BCUT2D eigenvalue weighted by atomic mass is 9.89. The Labute approximate surface area is 122 Å². The fourth-order valence-corrected chi connectivity index (χ4v) is 3.84. The van der Waals surface area contributed by atoms with Crippen molar-refractivity contribution in [3.05, 3.63) is 0 Å². The number of nitrogens with one attached hydrogen (secondary N) is 1. The molecule has 3 rings (SSSR count). The molecule has 3 fully saturated rings. The molecule has 2 N–H and O–H groups in total. The number of hydrogen-bond acceptors (Lipinski definition) is 4. The number of hydrogen-bond donors (Lipinski definition) is 2. The first-order valence-corrected chi connectivity index (χ1v) is 8.39. The highest BCUT2D eigenvalue weighted by Gasteiger charge is 2.40. The van der Waals surface area contributed by atoms with Gasteiger partial charge in [0, 0.05) is 12.6 Å². The summed E-state index contributed by atoms with van der Waals surface area (Å²) in [4.78, 5) is 0. The lowest BCUT2D eigenvalue weighted by Gasteiger charge is -2.27. The number of aliphatic hydroxyl groups is 1. The van der Waals surface area contributed by atoms with Crippen LogP contribution < -0.4 is 5.32 Å². The Morgan fingerprint density at radius 2 is 2.00 bits per heavy atom. The van der Waals surface area contributed by atoms with E-state index in [0.717, 1.165) is 25.2 Å². The van der Waals surface area contributed by atoms with Gasteiger partial charge in [-0.25, -0.2) is 0 Å². The van der Waals surface area contributed by atoms with E-state index in [1.54, 1.807) is 0 Å². The van der Waals surface area contributed by atoms with E-state index < -0.39 is 6.10 Å². The van der Waals surface area contributed by atoms with Gasteiger partial charge in [0.05, 0.1) is 31.0 Å². The third-order valence-corrected chi connectivity index (χ3v) is 5.21. The topological polar surface area (TPSA) is 50.7 Å². The molecule has 2 bridgehead atoms. The third kappa shape index (κ3) is 3.73. The van der Waals surface area contributed by atoms with Crippen molar-refractivity contribution in [2.75, 3.05) is 13.2 Å². The van der Waals surface area contributed by atoms with Crippen LogP contribution in [-0.2, 0) is 9.47 Å². The van der Waals surface area contributed by atoms with Gasteiger partial charge in [0.25, 0.3) is 0 Å². The summed E-state index contributed by atoms with van der Waals surface area (Å²) in [5, 5.41) is 13.5. The standard InChI is InChI=1S/C16H29NO3/c1-11-2-4-13(5-3-11)19-10-12(18)9-17-15-8-14-6-7-16(15)20-14/h11-18H,2-10H2,1H3. The predicted octanol–water partition coefficient (Wildman–Crippen LogP) is 1.85. The summed E-state index contributed by atoms with van der Waals surface area (Å²) >= 11 is 0. The van der Waals surface area contributed by atoms with E-state index in [1.165, 1.54) is 25.7 Å². The van der Waals surface area contributed by atoms with Gasteiger partial charge in [0.1, 0.15) is 0 Å². The zero-order valence-electron chi connectivity index (χ0n) is 12.6. The second-order valence-corrected chi connectivity index (χ2v) is 6.99. The SMILES string of the molecule is CC1CCC(OCC(O)CNC2CC3CCC2O3)CC1. The molecule has 4 nitrogen and oxygen atoms in total. The Morgan fingerprint density at radius 3 is 2.65 bits per heavy atom. The second-order valence-electron chi connectivity index (χ2n) is 6.99. The second kappa shape index (κ2) is 6.73. The smallest absolute Gasteiger partial charge is 0.0897 e. The zero-order chi connectivity index (χ0) is 13.9. The molecule has 0 aromatic carbocycles. The van der Waals surface area contributed by atoms with Gasteiger partial charge in [0.2, 0.25) is 0 Å². The maximum atomic E-state index is 10.0. The van der Waals surface area contributed by atoms with Crippen molar-refractivity contribution in [2.24, 2.45) is 5.92 Å². The maximum absolute atomic E-state index is 10.0. The van der Waals surface area contributed by atoms with Crippen LogP contribution in [0.4, 0.5) is 0 Å². The van der Waals surface area contributed by atoms with Crippen LogP contribution in [-0.4, -0.2) is 48.7 Å². The average molecular weight is 283 g/mol. The summed E-state index contributed by atoms with van der Waals surface area (Å²) in [7, 11) is 0. The quantitative estimate of drug-likeness (QED) is 0.781. The van der Waals surface area contributed by atoms with Crippen LogP contribution in [0.1, 0.15) is 51.9 Å². The van der Waals surface area contributed by atoms with Crippen molar-refractivity contribution in [2.45, 2.75) is 82.3 Å². The minimum absolute atomic E-state index is 0.367. The van der Waals surface area contributed by atoms with Gasteiger partial charge in [0.15, 0.2) is 0 Å². The van der Waals surface area contributed by atoms with Crippen molar-refractivity contribution in [1.29, 1.82) is 0 Å². The Balaban J connectivity index is 1.29. The summed E-state index contributed by atoms with van der Waals surface area (Å²) in [6.07, 6.45) is 9.16. The fraction of sp³-hybridized carbons (Fsp3) is 1.00. The highest BCUT2D eigenvalue weighted by Crippen LogP contribution is 2.34. The molecule has 1 aliphatic carbocycles. The molecule has 116 valence electrons. The van der Waals surface area contributed by atoms with E-state index in [2.05, 4.69) is 12.2 Å². The number of fused-ring (bicyclic) bond motifs is 2. The van der Waals surface area contributed by atoms with Crippen molar-refractivity contribution < 1.29 is 14.6 Å².